The van der Waals surface area contributed by atoms with Crippen LogP contribution in [0.2, 0.25) is 0 Å². The average molecular weight is 232 g/mol. The van der Waals surface area contributed by atoms with Gasteiger partial charge >= 0.3 is 0 Å². The highest BCUT2D eigenvalue weighted by atomic mass is 19.1. The number of halogens is 1. The fourth-order valence-corrected chi connectivity index (χ4v) is 1.40. The third-order valence-corrected chi connectivity index (χ3v) is 2.25. The molecule has 0 bridgehead atoms. The van der Waals surface area contributed by atoms with Crippen LogP contribution in [0, 0.1) is 5.82 Å². The van der Waals surface area contributed by atoms with Crippen LogP contribution in [-0.4, -0.2) is 23.3 Å². The lowest BCUT2D eigenvalue weighted by molar-refractivity contribution is 0.628. The lowest BCUT2D eigenvalue weighted by Gasteiger charge is -2.04. The Bertz CT molecular complexity index is 467. The molecule has 2 rings (SSSR count). The van der Waals surface area contributed by atoms with Crippen molar-refractivity contribution in [1.29, 1.82) is 0 Å². The molecule has 1 aromatic heterocycles. The van der Waals surface area contributed by atoms with Gasteiger partial charge in [-0.15, -0.1) is 10.2 Å². The summed E-state index contributed by atoms with van der Waals surface area (Å²) in [4.78, 5) is 0. The molecule has 0 atom stereocenters. The fraction of sp³-hybridized carbons (Fsp3) is 0.167. The zero-order valence-corrected chi connectivity index (χ0v) is 9.23. The lowest BCUT2D eigenvalue weighted by atomic mass is 10.1. The summed E-state index contributed by atoms with van der Waals surface area (Å²) in [5, 5.41) is 11.1. The van der Waals surface area contributed by atoms with Gasteiger partial charge in [0.2, 0.25) is 0 Å². The summed E-state index contributed by atoms with van der Waals surface area (Å²) in [5.41, 5.74) is 6.91. The van der Waals surface area contributed by atoms with E-state index in [0.717, 1.165) is 5.56 Å². The zero-order chi connectivity index (χ0) is 12.1. The number of aromatic nitrogens is 2. The molecule has 2 aromatic rings. The fourth-order valence-electron chi connectivity index (χ4n) is 1.40. The Morgan fingerprint density at radius 2 is 1.82 bits per heavy atom. The minimum absolute atomic E-state index is 0.261. The topological polar surface area (TPSA) is 63.8 Å². The first-order valence-corrected chi connectivity index (χ1v) is 5.33. The second kappa shape index (κ2) is 5.36. The van der Waals surface area contributed by atoms with Crippen LogP contribution in [0.25, 0.3) is 11.3 Å². The van der Waals surface area contributed by atoms with E-state index in [2.05, 4.69) is 15.5 Å². The smallest absolute Gasteiger partial charge is 0.148 e. The van der Waals surface area contributed by atoms with E-state index in [1.54, 1.807) is 12.1 Å². The largest absolute Gasteiger partial charge is 0.367 e. The number of nitrogens with zero attached hydrogens (tertiary/aromatic N) is 2. The van der Waals surface area contributed by atoms with Crippen LogP contribution in [0.1, 0.15) is 0 Å². The molecule has 0 spiro atoms. The van der Waals surface area contributed by atoms with Crippen molar-refractivity contribution in [3.8, 4) is 11.3 Å². The highest BCUT2D eigenvalue weighted by Crippen LogP contribution is 2.17. The van der Waals surface area contributed by atoms with Crippen molar-refractivity contribution in [1.82, 2.24) is 10.2 Å². The Morgan fingerprint density at radius 1 is 1.06 bits per heavy atom. The highest BCUT2D eigenvalue weighted by molar-refractivity contribution is 5.59. The van der Waals surface area contributed by atoms with Gasteiger partial charge in [0, 0.05) is 18.7 Å². The Kier molecular flexibility index (Phi) is 3.62. The first kappa shape index (κ1) is 11.5. The quantitative estimate of drug-likeness (QED) is 0.841. The SMILES string of the molecule is NCCNc1ccc(-c2ccc(F)cc2)nn1. The van der Waals surface area contributed by atoms with Crippen LogP contribution in [0.4, 0.5) is 10.2 Å². The minimum atomic E-state index is -0.261. The van der Waals surface area contributed by atoms with Gasteiger partial charge in [-0.3, -0.25) is 0 Å². The van der Waals surface area contributed by atoms with Crippen LogP contribution >= 0.6 is 0 Å². The molecular formula is C12H13FN4. The molecule has 0 aliphatic carbocycles. The predicted molar refractivity (Wildman–Crippen MR) is 65.0 cm³/mol. The number of hydrogen-bond donors (Lipinski definition) is 2. The van der Waals surface area contributed by atoms with Gasteiger partial charge in [-0.1, -0.05) is 0 Å². The summed E-state index contributed by atoms with van der Waals surface area (Å²) in [6.07, 6.45) is 0. The molecule has 5 heteroatoms. The van der Waals surface area contributed by atoms with E-state index in [-0.39, 0.29) is 5.82 Å². The molecule has 1 aromatic carbocycles. The normalized spacial score (nSPS) is 10.2. The van der Waals surface area contributed by atoms with Crippen LogP contribution < -0.4 is 11.1 Å². The second-order valence-electron chi connectivity index (χ2n) is 3.53. The first-order chi connectivity index (χ1) is 8.29. The van der Waals surface area contributed by atoms with Gasteiger partial charge in [-0.25, -0.2) is 4.39 Å². The van der Waals surface area contributed by atoms with Gasteiger partial charge in [0.25, 0.3) is 0 Å². The van der Waals surface area contributed by atoms with Gasteiger partial charge in [0.15, 0.2) is 0 Å². The van der Waals surface area contributed by atoms with Crippen molar-refractivity contribution in [3.05, 3.63) is 42.2 Å². The standard InChI is InChI=1S/C12H13FN4/c13-10-3-1-9(2-4-10)11-5-6-12(17-16-11)15-8-7-14/h1-6H,7-8,14H2,(H,15,17). The molecule has 0 unspecified atom stereocenters. The van der Waals surface area contributed by atoms with Gasteiger partial charge < -0.3 is 11.1 Å². The number of hydrogen-bond acceptors (Lipinski definition) is 4. The maximum Gasteiger partial charge on any atom is 0.148 e. The Labute approximate surface area is 98.7 Å². The molecule has 4 nitrogen and oxygen atoms in total. The van der Waals surface area contributed by atoms with Gasteiger partial charge in [-0.05, 0) is 36.4 Å². The van der Waals surface area contributed by atoms with Crippen LogP contribution in [0.15, 0.2) is 36.4 Å². The summed E-state index contributed by atoms with van der Waals surface area (Å²) in [7, 11) is 0. The van der Waals surface area contributed by atoms with E-state index in [9.17, 15) is 4.39 Å². The zero-order valence-electron chi connectivity index (χ0n) is 9.23. The molecule has 0 saturated carbocycles. The van der Waals surface area contributed by atoms with E-state index >= 15 is 0 Å². The molecular weight excluding hydrogens is 219 g/mol. The Hall–Kier alpha value is -2.01. The number of rotatable bonds is 4. The molecule has 0 radical (unpaired) electrons. The minimum Gasteiger partial charge on any atom is -0.367 e. The molecule has 1 heterocycles. The molecule has 0 aliphatic rings. The summed E-state index contributed by atoms with van der Waals surface area (Å²) < 4.78 is 12.7. The van der Waals surface area contributed by atoms with E-state index < -0.39 is 0 Å². The maximum atomic E-state index is 12.7. The predicted octanol–water partition coefficient (Wildman–Crippen LogP) is 1.65. The third-order valence-electron chi connectivity index (χ3n) is 2.25. The van der Waals surface area contributed by atoms with E-state index in [1.807, 2.05) is 12.1 Å². The van der Waals surface area contributed by atoms with Crippen LogP contribution in [0.3, 0.4) is 0 Å². The lowest BCUT2D eigenvalue weighted by Crippen LogP contribution is -2.14. The van der Waals surface area contributed by atoms with Crippen LogP contribution in [-0.2, 0) is 0 Å². The van der Waals surface area contributed by atoms with Crippen molar-refractivity contribution in [2.75, 3.05) is 18.4 Å². The van der Waals surface area contributed by atoms with Gasteiger partial charge in [-0.2, -0.15) is 0 Å². The molecule has 0 amide bonds. The van der Waals surface area contributed by atoms with Crippen molar-refractivity contribution in [3.63, 3.8) is 0 Å². The molecule has 17 heavy (non-hydrogen) atoms. The van der Waals surface area contributed by atoms with Gasteiger partial charge in [0.1, 0.15) is 11.6 Å². The van der Waals surface area contributed by atoms with E-state index in [0.29, 0.717) is 24.6 Å². The Balaban J connectivity index is 2.14. The molecule has 0 aliphatic heterocycles. The van der Waals surface area contributed by atoms with Gasteiger partial charge in [0.05, 0.1) is 5.69 Å². The van der Waals surface area contributed by atoms with E-state index in [1.165, 1.54) is 12.1 Å². The summed E-state index contributed by atoms with van der Waals surface area (Å²) >= 11 is 0. The molecule has 0 saturated heterocycles. The molecule has 88 valence electrons. The molecule has 3 N–H and O–H groups in total. The second-order valence-corrected chi connectivity index (χ2v) is 3.53. The highest BCUT2D eigenvalue weighted by Gasteiger charge is 2.00. The third kappa shape index (κ3) is 2.98. The van der Waals surface area contributed by atoms with Crippen molar-refractivity contribution < 1.29 is 4.39 Å². The van der Waals surface area contributed by atoms with E-state index in [4.69, 9.17) is 5.73 Å². The number of nitrogens with one attached hydrogen (secondary N) is 1. The first-order valence-electron chi connectivity index (χ1n) is 5.33. The van der Waals surface area contributed by atoms with Crippen molar-refractivity contribution in [2.45, 2.75) is 0 Å². The molecule has 0 fully saturated rings. The summed E-state index contributed by atoms with van der Waals surface area (Å²) in [6, 6.07) is 9.80. The maximum absolute atomic E-state index is 12.7. The van der Waals surface area contributed by atoms with Crippen LogP contribution in [0.5, 0.6) is 0 Å². The number of nitrogens with two attached hydrogens (primary N) is 1. The average Bonchev–Trinajstić information content (AvgIpc) is 2.38. The van der Waals surface area contributed by atoms with Crippen molar-refractivity contribution in [2.24, 2.45) is 5.73 Å². The summed E-state index contributed by atoms with van der Waals surface area (Å²) in [5.74, 6) is 0.421. The Morgan fingerprint density at radius 3 is 2.41 bits per heavy atom. The number of benzene rings is 1. The number of anilines is 1. The summed E-state index contributed by atoms with van der Waals surface area (Å²) in [6.45, 7) is 1.20. The van der Waals surface area contributed by atoms with Crippen molar-refractivity contribution >= 4 is 5.82 Å². The monoisotopic (exact) mass is 232 g/mol.